The number of benzene rings is 1. The fourth-order valence-electron chi connectivity index (χ4n) is 3.20. The highest BCUT2D eigenvalue weighted by Crippen LogP contribution is 2.27. The summed E-state index contributed by atoms with van der Waals surface area (Å²) >= 11 is 0. The summed E-state index contributed by atoms with van der Waals surface area (Å²) in [6.07, 6.45) is 5.06. The van der Waals surface area contributed by atoms with Crippen LogP contribution in [0.3, 0.4) is 0 Å². The van der Waals surface area contributed by atoms with Gasteiger partial charge >= 0.3 is 0 Å². The highest BCUT2D eigenvalue weighted by molar-refractivity contribution is 7.89. The number of sulfonamides is 1. The van der Waals surface area contributed by atoms with Gasteiger partial charge in [-0.2, -0.15) is 4.31 Å². The molecule has 0 atom stereocenters. The summed E-state index contributed by atoms with van der Waals surface area (Å²) < 4.78 is 28.5. The van der Waals surface area contributed by atoms with Crippen molar-refractivity contribution in [1.29, 1.82) is 0 Å². The van der Waals surface area contributed by atoms with Crippen LogP contribution in [0.4, 0.5) is 0 Å². The van der Waals surface area contributed by atoms with Gasteiger partial charge in [0.25, 0.3) is 0 Å². The van der Waals surface area contributed by atoms with Gasteiger partial charge in [0.15, 0.2) is 0 Å². The molecule has 1 saturated heterocycles. The van der Waals surface area contributed by atoms with E-state index in [1.54, 1.807) is 33.7 Å². The van der Waals surface area contributed by atoms with Gasteiger partial charge in [0.05, 0.1) is 4.90 Å². The van der Waals surface area contributed by atoms with Crippen LogP contribution in [0.5, 0.6) is 0 Å². The van der Waals surface area contributed by atoms with Gasteiger partial charge in [-0.1, -0.05) is 12.1 Å². The maximum atomic E-state index is 12.6. The molecule has 26 heavy (non-hydrogen) atoms. The highest BCUT2D eigenvalue weighted by Gasteiger charge is 2.26. The summed E-state index contributed by atoms with van der Waals surface area (Å²) in [5.41, 5.74) is 2.75. The van der Waals surface area contributed by atoms with Crippen LogP contribution in [0.2, 0.25) is 0 Å². The lowest BCUT2D eigenvalue weighted by Gasteiger charge is -2.16. The van der Waals surface area contributed by atoms with E-state index in [-0.39, 0.29) is 0 Å². The van der Waals surface area contributed by atoms with E-state index in [0.717, 1.165) is 35.5 Å². The third kappa shape index (κ3) is 3.02. The average molecular weight is 369 g/mol. The SMILES string of the molecule is Cc1nc(-n2cnnc2)ccc1-c1ccc(S(=O)(=O)N2CCCC2)cc1. The first-order chi connectivity index (χ1) is 12.6. The van der Waals surface area contributed by atoms with Gasteiger partial charge in [-0.05, 0) is 49.6 Å². The molecule has 0 saturated carbocycles. The molecular weight excluding hydrogens is 350 g/mol. The van der Waals surface area contributed by atoms with Gasteiger partial charge in [0, 0.05) is 24.3 Å². The molecule has 1 fully saturated rings. The minimum Gasteiger partial charge on any atom is -0.272 e. The lowest BCUT2D eigenvalue weighted by molar-refractivity contribution is 0.477. The predicted molar refractivity (Wildman–Crippen MR) is 97.3 cm³/mol. The van der Waals surface area contributed by atoms with Crippen LogP contribution < -0.4 is 0 Å². The molecule has 0 bridgehead atoms. The molecule has 1 aliphatic rings. The zero-order valence-electron chi connectivity index (χ0n) is 14.4. The normalized spacial score (nSPS) is 15.4. The van der Waals surface area contributed by atoms with Crippen molar-refractivity contribution in [3.63, 3.8) is 0 Å². The van der Waals surface area contributed by atoms with Crippen LogP contribution >= 0.6 is 0 Å². The zero-order chi connectivity index (χ0) is 18.1. The minimum atomic E-state index is -3.38. The van der Waals surface area contributed by atoms with E-state index in [9.17, 15) is 8.42 Å². The molecule has 0 amide bonds. The second kappa shape index (κ2) is 6.62. The molecule has 3 heterocycles. The van der Waals surface area contributed by atoms with Gasteiger partial charge in [-0.15, -0.1) is 10.2 Å². The van der Waals surface area contributed by atoms with Gasteiger partial charge in [-0.25, -0.2) is 13.4 Å². The summed E-state index contributed by atoms with van der Waals surface area (Å²) in [7, 11) is -3.38. The summed E-state index contributed by atoms with van der Waals surface area (Å²) in [5.74, 6) is 0.740. The van der Waals surface area contributed by atoms with Crippen LogP contribution in [0.15, 0.2) is 53.9 Å². The quantitative estimate of drug-likeness (QED) is 0.705. The van der Waals surface area contributed by atoms with E-state index in [4.69, 9.17) is 0 Å². The lowest BCUT2D eigenvalue weighted by atomic mass is 10.0. The number of rotatable bonds is 4. The topological polar surface area (TPSA) is 81.0 Å². The molecule has 7 nitrogen and oxygen atoms in total. The second-order valence-corrected chi connectivity index (χ2v) is 8.25. The van der Waals surface area contributed by atoms with Crippen molar-refractivity contribution in [2.45, 2.75) is 24.7 Å². The first-order valence-electron chi connectivity index (χ1n) is 8.49. The molecule has 1 aliphatic heterocycles. The van der Waals surface area contributed by atoms with Crippen molar-refractivity contribution in [3.8, 4) is 16.9 Å². The maximum absolute atomic E-state index is 12.6. The number of aryl methyl sites for hydroxylation is 1. The summed E-state index contributed by atoms with van der Waals surface area (Å²) in [6, 6.07) is 10.9. The number of hydrogen-bond acceptors (Lipinski definition) is 5. The Morgan fingerprint density at radius 3 is 2.19 bits per heavy atom. The Labute approximate surface area is 152 Å². The molecular formula is C18H19N5O2S. The van der Waals surface area contributed by atoms with Crippen LogP contribution in [0, 0.1) is 6.92 Å². The van der Waals surface area contributed by atoms with Crippen molar-refractivity contribution in [1.82, 2.24) is 24.1 Å². The van der Waals surface area contributed by atoms with E-state index < -0.39 is 10.0 Å². The van der Waals surface area contributed by atoms with Crippen molar-refractivity contribution in [2.75, 3.05) is 13.1 Å². The molecule has 134 valence electrons. The molecule has 1 aromatic carbocycles. The number of nitrogens with zero attached hydrogens (tertiary/aromatic N) is 5. The van der Waals surface area contributed by atoms with Gasteiger partial charge in [0.2, 0.25) is 10.0 Å². The number of hydrogen-bond donors (Lipinski definition) is 0. The van der Waals surface area contributed by atoms with E-state index >= 15 is 0 Å². The standard InChI is InChI=1S/C18H19N5O2S/c1-14-17(8-9-18(21-14)22-12-19-20-13-22)15-4-6-16(7-5-15)26(24,25)23-10-2-3-11-23/h4-9,12-13H,2-3,10-11H2,1H3. The fourth-order valence-corrected chi connectivity index (χ4v) is 4.72. The zero-order valence-corrected chi connectivity index (χ0v) is 15.2. The van der Waals surface area contributed by atoms with Crippen LogP contribution in [0.1, 0.15) is 18.5 Å². The highest BCUT2D eigenvalue weighted by atomic mass is 32.2. The molecule has 3 aromatic rings. The van der Waals surface area contributed by atoms with E-state index in [1.807, 2.05) is 31.2 Å². The third-order valence-electron chi connectivity index (χ3n) is 4.62. The number of aromatic nitrogens is 4. The first kappa shape index (κ1) is 16.9. The van der Waals surface area contributed by atoms with Crippen molar-refractivity contribution in [2.24, 2.45) is 0 Å². The molecule has 0 unspecified atom stereocenters. The Morgan fingerprint density at radius 1 is 0.923 bits per heavy atom. The van der Waals surface area contributed by atoms with Crippen molar-refractivity contribution >= 4 is 10.0 Å². The molecule has 4 rings (SSSR count). The smallest absolute Gasteiger partial charge is 0.243 e. The predicted octanol–water partition coefficient (Wildman–Crippen LogP) is 2.42. The van der Waals surface area contributed by atoms with Gasteiger partial charge in [0.1, 0.15) is 18.5 Å². The van der Waals surface area contributed by atoms with Crippen LogP contribution in [-0.2, 0) is 10.0 Å². The third-order valence-corrected chi connectivity index (χ3v) is 6.54. The Kier molecular flexibility index (Phi) is 4.29. The van der Waals surface area contributed by atoms with Crippen molar-refractivity contribution < 1.29 is 8.42 Å². The van der Waals surface area contributed by atoms with E-state index in [0.29, 0.717) is 18.0 Å². The van der Waals surface area contributed by atoms with Crippen LogP contribution in [0.25, 0.3) is 16.9 Å². The van der Waals surface area contributed by atoms with E-state index in [2.05, 4.69) is 15.2 Å². The Bertz CT molecular complexity index is 1010. The fraction of sp³-hybridized carbons (Fsp3) is 0.278. The molecule has 0 spiro atoms. The summed E-state index contributed by atoms with van der Waals surface area (Å²) in [5, 5.41) is 7.57. The molecule has 0 radical (unpaired) electrons. The molecule has 0 N–H and O–H groups in total. The minimum absolute atomic E-state index is 0.342. The summed E-state index contributed by atoms with van der Waals surface area (Å²) in [4.78, 5) is 4.93. The maximum Gasteiger partial charge on any atom is 0.243 e. The Balaban J connectivity index is 1.63. The largest absolute Gasteiger partial charge is 0.272 e. The summed E-state index contributed by atoms with van der Waals surface area (Å²) in [6.45, 7) is 3.15. The number of pyridine rings is 1. The van der Waals surface area contributed by atoms with Crippen LogP contribution in [-0.4, -0.2) is 45.6 Å². The van der Waals surface area contributed by atoms with E-state index in [1.165, 1.54) is 0 Å². The monoisotopic (exact) mass is 369 g/mol. The van der Waals surface area contributed by atoms with Gasteiger partial charge < -0.3 is 0 Å². The second-order valence-electron chi connectivity index (χ2n) is 6.31. The molecule has 8 heteroatoms. The van der Waals surface area contributed by atoms with Crippen molar-refractivity contribution in [3.05, 3.63) is 54.7 Å². The Morgan fingerprint density at radius 2 is 1.58 bits per heavy atom. The average Bonchev–Trinajstić information content (AvgIpc) is 3.36. The molecule has 2 aromatic heterocycles. The lowest BCUT2D eigenvalue weighted by Crippen LogP contribution is -2.27. The molecule has 0 aliphatic carbocycles. The Hall–Kier alpha value is -2.58. The van der Waals surface area contributed by atoms with Gasteiger partial charge in [-0.3, -0.25) is 4.57 Å². The first-order valence-corrected chi connectivity index (χ1v) is 9.93.